The van der Waals surface area contributed by atoms with Crippen molar-refractivity contribution in [1.29, 1.82) is 0 Å². The lowest BCUT2D eigenvalue weighted by molar-refractivity contribution is -0.128. The maximum atomic E-state index is 13.7. The van der Waals surface area contributed by atoms with Crippen LogP contribution in [0, 0.1) is 5.82 Å². The van der Waals surface area contributed by atoms with E-state index in [9.17, 15) is 9.18 Å². The Balaban J connectivity index is 1.86. The second kappa shape index (κ2) is 5.76. The molecule has 0 N–H and O–H groups in total. The number of carbonyl (C=O) groups excluding carboxylic acids is 1. The Morgan fingerprint density at radius 3 is 2.80 bits per heavy atom. The number of halogens is 2. The van der Waals surface area contributed by atoms with Gasteiger partial charge in [-0.05, 0) is 18.2 Å². The molecule has 20 heavy (non-hydrogen) atoms. The van der Waals surface area contributed by atoms with Crippen LogP contribution in [0.25, 0.3) is 0 Å². The van der Waals surface area contributed by atoms with Gasteiger partial charge >= 0.3 is 0 Å². The SMILES string of the molecule is O=C1CSC(c2ccc(Cl)s2)N1Cc1ccccc1F. The predicted octanol–water partition coefficient (Wildman–Crippen LogP) is 4.31. The van der Waals surface area contributed by atoms with Crippen LogP contribution in [-0.4, -0.2) is 16.6 Å². The van der Waals surface area contributed by atoms with Crippen molar-refractivity contribution >= 4 is 40.6 Å². The molecule has 1 aliphatic heterocycles. The van der Waals surface area contributed by atoms with E-state index in [-0.39, 0.29) is 17.1 Å². The van der Waals surface area contributed by atoms with E-state index in [1.807, 2.05) is 12.1 Å². The van der Waals surface area contributed by atoms with Gasteiger partial charge in [0.1, 0.15) is 11.2 Å². The summed E-state index contributed by atoms with van der Waals surface area (Å²) in [5, 5.41) is -0.0698. The Hall–Kier alpha value is -1.04. The number of benzene rings is 1. The first-order chi connectivity index (χ1) is 9.65. The van der Waals surface area contributed by atoms with Gasteiger partial charge < -0.3 is 4.90 Å². The Morgan fingerprint density at radius 2 is 2.10 bits per heavy atom. The first-order valence-corrected chi connectivity index (χ1v) is 8.29. The monoisotopic (exact) mass is 327 g/mol. The fourth-order valence-corrected chi connectivity index (χ4v) is 4.62. The summed E-state index contributed by atoms with van der Waals surface area (Å²) in [7, 11) is 0. The Kier molecular flexibility index (Phi) is 4.01. The maximum absolute atomic E-state index is 13.7. The van der Waals surface area contributed by atoms with Crippen molar-refractivity contribution in [2.24, 2.45) is 0 Å². The van der Waals surface area contributed by atoms with Crippen LogP contribution in [0.15, 0.2) is 36.4 Å². The molecule has 104 valence electrons. The summed E-state index contributed by atoms with van der Waals surface area (Å²) < 4.78 is 14.4. The lowest BCUT2D eigenvalue weighted by Gasteiger charge is -2.23. The van der Waals surface area contributed by atoms with Crippen LogP contribution in [0.2, 0.25) is 4.34 Å². The first kappa shape index (κ1) is 13.9. The van der Waals surface area contributed by atoms with Crippen LogP contribution in [-0.2, 0) is 11.3 Å². The summed E-state index contributed by atoms with van der Waals surface area (Å²) in [6, 6.07) is 10.3. The van der Waals surface area contributed by atoms with E-state index in [1.54, 1.807) is 34.9 Å². The fraction of sp³-hybridized carbons (Fsp3) is 0.214. The highest BCUT2D eigenvalue weighted by atomic mass is 35.5. The standard InChI is InChI=1S/C14H11ClFNOS2/c15-12-6-5-11(20-12)14-17(13(18)8-19-14)7-9-3-1-2-4-10(9)16/h1-6,14H,7-8H2. The molecule has 1 unspecified atom stereocenters. The van der Waals surface area contributed by atoms with Crippen molar-refractivity contribution in [3.05, 3.63) is 57.0 Å². The number of rotatable bonds is 3. The molecular weight excluding hydrogens is 317 g/mol. The van der Waals surface area contributed by atoms with Crippen molar-refractivity contribution in [2.75, 3.05) is 5.75 Å². The number of thiophene rings is 1. The quantitative estimate of drug-likeness (QED) is 0.837. The number of amides is 1. The van der Waals surface area contributed by atoms with E-state index in [0.717, 1.165) is 4.88 Å². The van der Waals surface area contributed by atoms with Gasteiger partial charge in [0.25, 0.3) is 0 Å². The summed E-state index contributed by atoms with van der Waals surface area (Å²) in [6.07, 6.45) is 0. The Morgan fingerprint density at radius 1 is 1.30 bits per heavy atom. The zero-order valence-corrected chi connectivity index (χ0v) is 12.8. The van der Waals surface area contributed by atoms with Crippen molar-refractivity contribution in [3.63, 3.8) is 0 Å². The van der Waals surface area contributed by atoms with Crippen LogP contribution in [0.1, 0.15) is 15.8 Å². The molecule has 1 atom stereocenters. The highest BCUT2D eigenvalue weighted by Crippen LogP contribution is 2.43. The van der Waals surface area contributed by atoms with E-state index in [4.69, 9.17) is 11.6 Å². The molecule has 6 heteroatoms. The van der Waals surface area contributed by atoms with Crippen LogP contribution in [0.3, 0.4) is 0 Å². The molecule has 1 aliphatic rings. The minimum atomic E-state index is -0.278. The average molecular weight is 328 g/mol. The molecule has 0 saturated carbocycles. The Bertz CT molecular complexity index is 646. The molecule has 1 fully saturated rings. The topological polar surface area (TPSA) is 20.3 Å². The molecule has 2 aromatic rings. The minimum Gasteiger partial charge on any atom is -0.321 e. The minimum absolute atomic E-state index is 0.0350. The molecule has 2 heterocycles. The van der Waals surface area contributed by atoms with Crippen molar-refractivity contribution in [3.8, 4) is 0 Å². The van der Waals surface area contributed by atoms with Crippen LogP contribution in [0.4, 0.5) is 4.39 Å². The van der Waals surface area contributed by atoms with Gasteiger partial charge in [-0.15, -0.1) is 23.1 Å². The van der Waals surface area contributed by atoms with Gasteiger partial charge in [-0.25, -0.2) is 4.39 Å². The molecule has 0 aliphatic carbocycles. The molecule has 0 radical (unpaired) electrons. The van der Waals surface area contributed by atoms with Crippen molar-refractivity contribution < 1.29 is 9.18 Å². The number of nitrogens with zero attached hydrogens (tertiary/aromatic N) is 1. The van der Waals surface area contributed by atoms with Crippen molar-refractivity contribution in [1.82, 2.24) is 4.90 Å². The third kappa shape index (κ3) is 2.71. The van der Waals surface area contributed by atoms with Gasteiger partial charge in [-0.2, -0.15) is 0 Å². The summed E-state index contributed by atoms with van der Waals surface area (Å²) in [5.74, 6) is 0.183. The molecule has 3 rings (SSSR count). The molecule has 1 aromatic heterocycles. The number of hydrogen-bond donors (Lipinski definition) is 0. The van der Waals surface area contributed by atoms with E-state index < -0.39 is 0 Å². The smallest absolute Gasteiger partial charge is 0.234 e. The molecule has 1 aromatic carbocycles. The molecular formula is C14H11ClFNOS2. The highest BCUT2D eigenvalue weighted by Gasteiger charge is 2.34. The molecule has 1 saturated heterocycles. The number of hydrogen-bond acceptors (Lipinski definition) is 3. The normalized spacial score (nSPS) is 18.8. The Labute approximate surface area is 129 Å². The average Bonchev–Trinajstić information content (AvgIpc) is 3.00. The largest absolute Gasteiger partial charge is 0.321 e. The van der Waals surface area contributed by atoms with Crippen molar-refractivity contribution in [2.45, 2.75) is 11.9 Å². The summed E-state index contributed by atoms with van der Waals surface area (Å²) in [5.41, 5.74) is 0.538. The molecule has 0 spiro atoms. The zero-order chi connectivity index (χ0) is 14.1. The van der Waals surface area contributed by atoms with Gasteiger partial charge in [0.05, 0.1) is 16.6 Å². The van der Waals surface area contributed by atoms with Gasteiger partial charge in [-0.3, -0.25) is 4.79 Å². The second-order valence-electron chi connectivity index (χ2n) is 4.42. The fourth-order valence-electron chi connectivity index (χ4n) is 2.13. The lowest BCUT2D eigenvalue weighted by atomic mass is 10.2. The van der Waals surface area contributed by atoms with E-state index in [0.29, 0.717) is 22.2 Å². The van der Waals surface area contributed by atoms with Gasteiger partial charge in [0.15, 0.2) is 0 Å². The first-order valence-electron chi connectivity index (χ1n) is 6.05. The van der Waals surface area contributed by atoms with E-state index in [1.165, 1.54) is 17.4 Å². The van der Waals surface area contributed by atoms with Crippen LogP contribution < -0.4 is 0 Å². The van der Waals surface area contributed by atoms with E-state index in [2.05, 4.69) is 0 Å². The van der Waals surface area contributed by atoms with Gasteiger partial charge in [-0.1, -0.05) is 29.8 Å². The van der Waals surface area contributed by atoms with Crippen LogP contribution >= 0.6 is 34.7 Å². The summed E-state index contributed by atoms with van der Waals surface area (Å²) >= 11 is 8.97. The van der Waals surface area contributed by atoms with Gasteiger partial charge in [0, 0.05) is 10.4 Å². The molecule has 2 nitrogen and oxygen atoms in total. The lowest BCUT2D eigenvalue weighted by Crippen LogP contribution is -2.27. The van der Waals surface area contributed by atoms with Crippen LogP contribution in [0.5, 0.6) is 0 Å². The molecule has 0 bridgehead atoms. The van der Waals surface area contributed by atoms with Gasteiger partial charge in [0.2, 0.25) is 5.91 Å². The van der Waals surface area contributed by atoms with E-state index >= 15 is 0 Å². The zero-order valence-electron chi connectivity index (χ0n) is 10.4. The highest BCUT2D eigenvalue weighted by molar-refractivity contribution is 8.00. The number of thioether (sulfide) groups is 1. The second-order valence-corrected chi connectivity index (χ2v) is 7.23. The maximum Gasteiger partial charge on any atom is 0.234 e. The summed E-state index contributed by atoms with van der Waals surface area (Å²) in [6.45, 7) is 0.290. The third-order valence-corrected chi connectivity index (χ3v) is 5.77. The number of carbonyl (C=O) groups is 1. The third-order valence-electron chi connectivity index (χ3n) is 3.10. The molecule has 1 amide bonds. The summed E-state index contributed by atoms with van der Waals surface area (Å²) in [4.78, 5) is 14.8. The predicted molar refractivity (Wildman–Crippen MR) is 81.5 cm³/mol.